The largest absolute Gasteiger partial charge is 0.0619 e. The predicted molar refractivity (Wildman–Crippen MR) is 73.5 cm³/mol. The summed E-state index contributed by atoms with van der Waals surface area (Å²) in [4.78, 5) is 0. The van der Waals surface area contributed by atoms with E-state index in [0.717, 1.165) is 17.8 Å². The first kappa shape index (κ1) is 14.1. The van der Waals surface area contributed by atoms with Crippen molar-refractivity contribution >= 4 is 0 Å². The van der Waals surface area contributed by atoms with E-state index in [4.69, 9.17) is 0 Å². The number of hydrogen-bond donors (Lipinski definition) is 0. The third-order valence-corrected chi connectivity index (χ3v) is 5.91. The molecule has 0 saturated heterocycles. The zero-order valence-electron chi connectivity index (χ0n) is 12.9. The summed E-state index contributed by atoms with van der Waals surface area (Å²) in [5.41, 5.74) is 1.34. The van der Waals surface area contributed by atoms with Crippen LogP contribution in [0.1, 0.15) is 68.7 Å². The van der Waals surface area contributed by atoms with E-state index in [1.54, 1.807) is 0 Å². The van der Waals surface area contributed by atoms with Crippen molar-refractivity contribution in [1.82, 2.24) is 0 Å². The lowest BCUT2D eigenvalue weighted by molar-refractivity contribution is 0.00853. The molecular weight excluding hydrogens is 192 g/mol. The highest BCUT2D eigenvalue weighted by atomic mass is 14.6. The lowest BCUT2D eigenvalue weighted by Crippen LogP contribution is -2.41. The van der Waals surface area contributed by atoms with Crippen molar-refractivity contribution in [3.05, 3.63) is 0 Å². The van der Waals surface area contributed by atoms with Gasteiger partial charge in [-0.25, -0.2) is 0 Å². The lowest BCUT2D eigenvalue weighted by Gasteiger charge is -2.47. The fourth-order valence-corrected chi connectivity index (χ4v) is 4.22. The lowest BCUT2D eigenvalue weighted by atomic mass is 9.57. The van der Waals surface area contributed by atoms with Gasteiger partial charge in [-0.05, 0) is 40.4 Å². The Kier molecular flexibility index (Phi) is 3.30. The van der Waals surface area contributed by atoms with Crippen LogP contribution in [0.3, 0.4) is 0 Å². The zero-order chi connectivity index (χ0) is 12.9. The molecule has 1 aliphatic carbocycles. The van der Waals surface area contributed by atoms with Crippen molar-refractivity contribution in [3.8, 4) is 0 Å². The number of hydrogen-bond acceptors (Lipinski definition) is 0. The Balaban J connectivity index is 3.09. The van der Waals surface area contributed by atoms with Crippen LogP contribution in [0.2, 0.25) is 0 Å². The third kappa shape index (κ3) is 1.93. The van der Waals surface area contributed by atoms with Crippen LogP contribution in [-0.4, -0.2) is 0 Å². The molecule has 1 saturated carbocycles. The summed E-state index contributed by atoms with van der Waals surface area (Å²) in [5.74, 6) is 2.53. The van der Waals surface area contributed by atoms with Gasteiger partial charge in [0.15, 0.2) is 0 Å². The molecule has 0 spiro atoms. The van der Waals surface area contributed by atoms with Crippen molar-refractivity contribution in [1.29, 1.82) is 0 Å². The minimum absolute atomic E-state index is 0.409. The molecule has 4 atom stereocenters. The van der Waals surface area contributed by atoms with Gasteiger partial charge in [-0.2, -0.15) is 0 Å². The molecule has 1 rings (SSSR count). The molecule has 0 aromatic rings. The third-order valence-electron chi connectivity index (χ3n) is 5.91. The van der Waals surface area contributed by atoms with Gasteiger partial charge in [-0.1, -0.05) is 62.3 Å². The van der Waals surface area contributed by atoms with Crippen LogP contribution in [0.5, 0.6) is 0 Å². The Morgan fingerprint density at radius 1 is 0.938 bits per heavy atom. The van der Waals surface area contributed by atoms with Gasteiger partial charge in [-0.3, -0.25) is 0 Å². The standard InChI is InChI=1S/C16H32/c1-11-10-13(14(3,4)5)12(2)16(11,9)15(6,7)8/h11-13H,10H2,1-9H3. The fraction of sp³-hybridized carbons (Fsp3) is 1.00. The van der Waals surface area contributed by atoms with E-state index >= 15 is 0 Å². The Labute approximate surface area is 103 Å². The predicted octanol–water partition coefficient (Wildman–Crippen LogP) is 5.38. The summed E-state index contributed by atoms with van der Waals surface area (Å²) in [6.45, 7) is 22.0. The summed E-state index contributed by atoms with van der Waals surface area (Å²) in [5, 5.41) is 0. The first-order valence-corrected chi connectivity index (χ1v) is 6.92. The first-order valence-electron chi connectivity index (χ1n) is 6.92. The van der Waals surface area contributed by atoms with Gasteiger partial charge < -0.3 is 0 Å². The topological polar surface area (TPSA) is 0 Å². The minimum Gasteiger partial charge on any atom is -0.0619 e. The van der Waals surface area contributed by atoms with Gasteiger partial charge in [0.2, 0.25) is 0 Å². The van der Waals surface area contributed by atoms with Crippen LogP contribution in [-0.2, 0) is 0 Å². The van der Waals surface area contributed by atoms with Gasteiger partial charge in [0.05, 0.1) is 0 Å². The van der Waals surface area contributed by atoms with Crippen LogP contribution in [0, 0.1) is 34.0 Å². The molecule has 16 heavy (non-hydrogen) atoms. The molecule has 0 bridgehead atoms. The molecule has 0 radical (unpaired) electrons. The summed E-state index contributed by atoms with van der Waals surface area (Å²) >= 11 is 0. The summed E-state index contributed by atoms with van der Waals surface area (Å²) in [6, 6.07) is 0. The first-order chi connectivity index (χ1) is 6.92. The van der Waals surface area contributed by atoms with Crippen LogP contribution in [0.15, 0.2) is 0 Å². The van der Waals surface area contributed by atoms with Crippen molar-refractivity contribution in [3.63, 3.8) is 0 Å². The van der Waals surface area contributed by atoms with Gasteiger partial charge >= 0.3 is 0 Å². The van der Waals surface area contributed by atoms with Gasteiger partial charge in [0, 0.05) is 0 Å². The Hall–Kier alpha value is 0. The van der Waals surface area contributed by atoms with E-state index in [9.17, 15) is 0 Å². The van der Waals surface area contributed by atoms with Crippen molar-refractivity contribution in [2.75, 3.05) is 0 Å². The quantitative estimate of drug-likeness (QED) is 0.518. The average Bonchev–Trinajstić information content (AvgIpc) is 2.28. The normalized spacial score (nSPS) is 41.4. The Morgan fingerprint density at radius 2 is 1.38 bits per heavy atom. The molecule has 0 aromatic heterocycles. The van der Waals surface area contributed by atoms with E-state index in [-0.39, 0.29) is 0 Å². The second-order valence-corrected chi connectivity index (χ2v) is 8.43. The van der Waals surface area contributed by atoms with Crippen LogP contribution < -0.4 is 0 Å². The van der Waals surface area contributed by atoms with Crippen molar-refractivity contribution < 1.29 is 0 Å². The van der Waals surface area contributed by atoms with E-state index in [1.807, 2.05) is 0 Å². The molecular formula is C16H32. The van der Waals surface area contributed by atoms with Gasteiger partial charge in [0.1, 0.15) is 0 Å². The molecule has 1 fully saturated rings. The molecule has 0 aliphatic heterocycles. The van der Waals surface area contributed by atoms with Crippen LogP contribution in [0.4, 0.5) is 0 Å². The molecule has 0 aromatic carbocycles. The zero-order valence-corrected chi connectivity index (χ0v) is 12.9. The van der Waals surface area contributed by atoms with Gasteiger partial charge in [0.25, 0.3) is 0 Å². The second kappa shape index (κ2) is 3.75. The van der Waals surface area contributed by atoms with E-state index < -0.39 is 0 Å². The molecule has 96 valence electrons. The van der Waals surface area contributed by atoms with Crippen molar-refractivity contribution in [2.45, 2.75) is 68.7 Å². The molecule has 4 unspecified atom stereocenters. The molecule has 0 nitrogen and oxygen atoms in total. The van der Waals surface area contributed by atoms with Crippen LogP contribution >= 0.6 is 0 Å². The van der Waals surface area contributed by atoms with E-state index in [0.29, 0.717) is 16.2 Å². The monoisotopic (exact) mass is 224 g/mol. The fourth-order valence-electron chi connectivity index (χ4n) is 4.22. The van der Waals surface area contributed by atoms with Gasteiger partial charge in [-0.15, -0.1) is 0 Å². The number of rotatable bonds is 0. The van der Waals surface area contributed by atoms with Crippen LogP contribution in [0.25, 0.3) is 0 Å². The maximum Gasteiger partial charge on any atom is -0.0223 e. The summed E-state index contributed by atoms with van der Waals surface area (Å²) < 4.78 is 0. The maximum atomic E-state index is 2.52. The van der Waals surface area contributed by atoms with E-state index in [2.05, 4.69) is 62.3 Å². The molecule has 1 aliphatic rings. The highest BCUT2D eigenvalue weighted by molar-refractivity contribution is 5.04. The Bertz CT molecular complexity index is 250. The van der Waals surface area contributed by atoms with Crippen molar-refractivity contribution in [2.24, 2.45) is 34.0 Å². The molecule has 0 amide bonds. The molecule has 0 N–H and O–H groups in total. The summed E-state index contributed by atoms with van der Waals surface area (Å²) in [6.07, 6.45) is 1.40. The minimum atomic E-state index is 0.409. The highest BCUT2D eigenvalue weighted by Gasteiger charge is 2.55. The smallest absolute Gasteiger partial charge is 0.0223 e. The highest BCUT2D eigenvalue weighted by Crippen LogP contribution is 2.62. The maximum absolute atomic E-state index is 2.52. The molecule has 0 heteroatoms. The second-order valence-electron chi connectivity index (χ2n) is 8.43. The molecule has 0 heterocycles. The SMILES string of the molecule is CC1CC(C(C)(C)C)C(C)C1(C)C(C)(C)C. The van der Waals surface area contributed by atoms with E-state index in [1.165, 1.54) is 6.42 Å². The average molecular weight is 224 g/mol. The Morgan fingerprint density at radius 3 is 1.56 bits per heavy atom. The summed E-state index contributed by atoms with van der Waals surface area (Å²) in [7, 11) is 0.